The minimum absolute atomic E-state index is 0.0647. The molecular formula is C27H33N3O3S. The molecule has 3 aliphatic rings. The summed E-state index contributed by atoms with van der Waals surface area (Å²) in [5.41, 5.74) is 7.10. The second kappa shape index (κ2) is 9.99. The van der Waals surface area contributed by atoms with Crippen molar-refractivity contribution < 1.29 is 14.3 Å². The van der Waals surface area contributed by atoms with Gasteiger partial charge in [-0.3, -0.25) is 0 Å². The predicted octanol–water partition coefficient (Wildman–Crippen LogP) is 4.87. The van der Waals surface area contributed by atoms with Crippen LogP contribution in [0.5, 0.6) is 11.5 Å². The number of rotatable bonds is 5. The highest BCUT2D eigenvalue weighted by Crippen LogP contribution is 2.45. The Labute approximate surface area is 206 Å². The molecule has 2 heterocycles. The van der Waals surface area contributed by atoms with Crippen molar-refractivity contribution in [1.82, 2.24) is 5.06 Å². The lowest BCUT2D eigenvalue weighted by Crippen LogP contribution is -2.55. The van der Waals surface area contributed by atoms with Gasteiger partial charge in [0.15, 0.2) is 17.7 Å². The third-order valence-corrected chi connectivity index (χ3v) is 7.97. The molecule has 5 rings (SSSR count). The van der Waals surface area contributed by atoms with E-state index in [4.69, 9.17) is 20.0 Å². The summed E-state index contributed by atoms with van der Waals surface area (Å²) < 4.78 is 12.1. The molecule has 0 saturated heterocycles. The van der Waals surface area contributed by atoms with Gasteiger partial charge in [-0.1, -0.05) is 24.0 Å². The van der Waals surface area contributed by atoms with Gasteiger partial charge in [0.2, 0.25) is 0 Å². The van der Waals surface area contributed by atoms with Gasteiger partial charge in [-0.05, 0) is 81.0 Å². The second-order valence-electron chi connectivity index (χ2n) is 9.47. The van der Waals surface area contributed by atoms with E-state index in [2.05, 4.69) is 40.4 Å². The number of aliphatic imine (C=N–C) groups is 1. The molecule has 2 unspecified atom stereocenters. The van der Waals surface area contributed by atoms with Gasteiger partial charge in [0.05, 0.1) is 29.5 Å². The van der Waals surface area contributed by atoms with E-state index in [9.17, 15) is 0 Å². The topological polar surface area (TPSA) is 69.3 Å². The molecule has 0 amide bonds. The van der Waals surface area contributed by atoms with Crippen molar-refractivity contribution in [2.45, 2.75) is 81.7 Å². The van der Waals surface area contributed by atoms with Crippen LogP contribution in [0.2, 0.25) is 0 Å². The van der Waals surface area contributed by atoms with Crippen molar-refractivity contribution in [1.29, 1.82) is 0 Å². The van der Waals surface area contributed by atoms with Crippen molar-refractivity contribution in [2.24, 2.45) is 10.7 Å². The van der Waals surface area contributed by atoms with Gasteiger partial charge >= 0.3 is 0 Å². The normalized spacial score (nSPS) is 29.1. The Morgan fingerprint density at radius 3 is 2.76 bits per heavy atom. The van der Waals surface area contributed by atoms with Crippen LogP contribution in [0, 0.1) is 11.8 Å². The Balaban J connectivity index is 1.60. The van der Waals surface area contributed by atoms with Crippen LogP contribution >= 0.6 is 11.3 Å². The van der Waals surface area contributed by atoms with Crippen molar-refractivity contribution in [3.63, 3.8) is 0 Å². The zero-order chi connectivity index (χ0) is 23.5. The Morgan fingerprint density at radius 1 is 1.21 bits per heavy atom. The van der Waals surface area contributed by atoms with E-state index in [0.29, 0.717) is 0 Å². The van der Waals surface area contributed by atoms with Crippen LogP contribution in [-0.4, -0.2) is 42.9 Å². The Morgan fingerprint density at radius 2 is 2.06 bits per heavy atom. The van der Waals surface area contributed by atoms with Gasteiger partial charge < -0.3 is 15.2 Å². The number of thiophene rings is 1. The zero-order valence-corrected chi connectivity index (χ0v) is 20.7. The number of nitrogens with zero attached hydrogens (tertiary/aromatic N) is 2. The van der Waals surface area contributed by atoms with Crippen LogP contribution < -0.4 is 15.2 Å². The molecule has 2 saturated carbocycles. The van der Waals surface area contributed by atoms with Crippen LogP contribution in [0.3, 0.4) is 0 Å². The number of hydroxylamine groups is 2. The molecule has 1 aromatic carbocycles. The first-order valence-corrected chi connectivity index (χ1v) is 13.1. The molecule has 0 bridgehead atoms. The van der Waals surface area contributed by atoms with Crippen LogP contribution in [-0.2, 0) is 10.3 Å². The summed E-state index contributed by atoms with van der Waals surface area (Å²) in [6.07, 6.45) is 8.92. The fourth-order valence-electron chi connectivity index (χ4n) is 5.36. The molecule has 1 aromatic heterocycles. The van der Waals surface area contributed by atoms with Gasteiger partial charge in [-0.2, -0.15) is 0 Å². The lowest BCUT2D eigenvalue weighted by Gasteiger charge is -2.46. The third-order valence-electron chi connectivity index (χ3n) is 7.18. The molecule has 2 aromatic rings. The van der Waals surface area contributed by atoms with Crippen LogP contribution in [0.25, 0.3) is 0 Å². The van der Waals surface area contributed by atoms with Gasteiger partial charge in [0, 0.05) is 6.04 Å². The largest absolute Gasteiger partial charge is 0.493 e. The standard InChI is InChI=1S/C27H33N3O3S/c1-19-29-18-30(33-19)26-17-21(28)11-13-27(26,14-12-23-8-5-15-34-23)20-9-10-24(31-2)25(16-20)32-22-6-3-4-7-22/h5,8-10,15-16,18-19,21-22,26H,3-4,6-7,11,13,17,28H2,1-2H3/t19?,21-,26?,27+/m0/s1. The van der Waals surface area contributed by atoms with Crippen molar-refractivity contribution >= 4 is 17.7 Å². The van der Waals surface area contributed by atoms with Gasteiger partial charge in [-0.25, -0.2) is 14.9 Å². The monoisotopic (exact) mass is 479 g/mol. The van der Waals surface area contributed by atoms with Gasteiger partial charge in [0.25, 0.3) is 0 Å². The lowest BCUT2D eigenvalue weighted by molar-refractivity contribution is -0.155. The molecule has 180 valence electrons. The quantitative estimate of drug-likeness (QED) is 0.620. The summed E-state index contributed by atoms with van der Waals surface area (Å²) in [7, 11) is 1.70. The van der Waals surface area contributed by atoms with E-state index in [1.165, 1.54) is 12.8 Å². The van der Waals surface area contributed by atoms with E-state index in [1.807, 2.05) is 24.1 Å². The second-order valence-corrected chi connectivity index (χ2v) is 10.4. The van der Waals surface area contributed by atoms with Gasteiger partial charge in [0.1, 0.15) is 6.34 Å². The first-order valence-electron chi connectivity index (χ1n) is 12.2. The van der Waals surface area contributed by atoms with Crippen molar-refractivity contribution in [3.05, 3.63) is 46.2 Å². The number of benzene rings is 1. The number of ether oxygens (including phenoxy) is 2. The van der Waals surface area contributed by atoms with Crippen LogP contribution in [0.15, 0.2) is 40.7 Å². The highest BCUT2D eigenvalue weighted by molar-refractivity contribution is 7.10. The average Bonchev–Trinajstić information content (AvgIpc) is 3.62. The van der Waals surface area contributed by atoms with Crippen molar-refractivity contribution in [3.8, 4) is 23.3 Å². The molecule has 34 heavy (non-hydrogen) atoms. The molecule has 0 spiro atoms. The van der Waals surface area contributed by atoms with E-state index in [-0.39, 0.29) is 24.4 Å². The molecular weight excluding hydrogens is 446 g/mol. The molecule has 6 nitrogen and oxygen atoms in total. The van der Waals surface area contributed by atoms with E-state index in [0.717, 1.165) is 54.0 Å². The summed E-state index contributed by atoms with van der Waals surface area (Å²) in [6.45, 7) is 1.94. The summed E-state index contributed by atoms with van der Waals surface area (Å²) in [4.78, 5) is 11.6. The number of methoxy groups -OCH3 is 1. The number of hydrogen-bond acceptors (Lipinski definition) is 7. The summed E-state index contributed by atoms with van der Waals surface area (Å²) in [5.74, 6) is 8.71. The maximum absolute atomic E-state index is 6.48. The first-order chi connectivity index (χ1) is 16.6. The Bertz CT molecular complexity index is 1070. The minimum Gasteiger partial charge on any atom is -0.493 e. The van der Waals surface area contributed by atoms with E-state index >= 15 is 0 Å². The summed E-state index contributed by atoms with van der Waals surface area (Å²) >= 11 is 1.66. The molecule has 1 aliphatic heterocycles. The minimum atomic E-state index is -0.490. The summed E-state index contributed by atoms with van der Waals surface area (Å²) in [5, 5.41) is 3.94. The van der Waals surface area contributed by atoms with E-state index in [1.54, 1.807) is 24.8 Å². The fraction of sp³-hybridized carbons (Fsp3) is 0.519. The SMILES string of the molecule is COc1ccc([C@]2(C#Cc3cccs3)CC[C@H](N)CC2N2C=NC(C)O2)cc1OC1CCCC1. The maximum Gasteiger partial charge on any atom is 0.174 e. The Hall–Kier alpha value is -2.53. The van der Waals surface area contributed by atoms with Crippen LogP contribution in [0.4, 0.5) is 0 Å². The van der Waals surface area contributed by atoms with Gasteiger partial charge in [-0.15, -0.1) is 11.3 Å². The van der Waals surface area contributed by atoms with Crippen molar-refractivity contribution in [2.75, 3.05) is 7.11 Å². The molecule has 7 heteroatoms. The first kappa shape index (κ1) is 23.2. The van der Waals surface area contributed by atoms with E-state index < -0.39 is 5.41 Å². The highest BCUT2D eigenvalue weighted by Gasteiger charge is 2.48. The molecule has 2 fully saturated rings. The third kappa shape index (κ3) is 4.68. The van der Waals surface area contributed by atoms with Crippen LogP contribution in [0.1, 0.15) is 62.3 Å². The average molecular weight is 480 g/mol. The number of hydrogen-bond donors (Lipinski definition) is 1. The predicted molar refractivity (Wildman–Crippen MR) is 135 cm³/mol. The molecule has 2 N–H and O–H groups in total. The number of nitrogens with two attached hydrogens (primary N) is 1. The molecule has 0 radical (unpaired) electrons. The fourth-order valence-corrected chi connectivity index (χ4v) is 5.93. The zero-order valence-electron chi connectivity index (χ0n) is 19.9. The Kier molecular flexibility index (Phi) is 6.82. The molecule has 2 aliphatic carbocycles. The summed E-state index contributed by atoms with van der Waals surface area (Å²) in [6, 6.07) is 10.4. The smallest absolute Gasteiger partial charge is 0.174 e. The molecule has 4 atom stereocenters. The highest BCUT2D eigenvalue weighted by atomic mass is 32.1. The maximum atomic E-state index is 6.48. The lowest BCUT2D eigenvalue weighted by atomic mass is 9.65.